The first kappa shape index (κ1) is 15.5. The summed E-state index contributed by atoms with van der Waals surface area (Å²) in [7, 11) is 0. The van der Waals surface area contributed by atoms with Gasteiger partial charge < -0.3 is 5.11 Å². The molecule has 1 aromatic rings. The van der Waals surface area contributed by atoms with Crippen LogP contribution in [0.2, 0.25) is 0 Å². The van der Waals surface area contributed by atoms with E-state index in [-0.39, 0.29) is 5.69 Å². The number of aromatic carboxylic acids is 1. The van der Waals surface area contributed by atoms with Crippen molar-refractivity contribution >= 4 is 5.97 Å². The number of nitrogens with zero attached hydrogens (tertiary/aromatic N) is 3. The highest BCUT2D eigenvalue weighted by atomic mass is 19.1. The van der Waals surface area contributed by atoms with Crippen LogP contribution in [0.25, 0.3) is 0 Å². The quantitative estimate of drug-likeness (QED) is 0.927. The number of carbonyl (C=O) groups is 1. The molecule has 1 aliphatic carbocycles. The first-order chi connectivity index (χ1) is 10.6. The Kier molecular flexibility index (Phi) is 4.47. The molecule has 5 nitrogen and oxygen atoms in total. The molecule has 2 aliphatic rings. The second kappa shape index (κ2) is 6.36. The van der Waals surface area contributed by atoms with E-state index in [2.05, 4.69) is 16.9 Å². The Hall–Kier alpha value is -1.43. The average molecular weight is 309 g/mol. The summed E-state index contributed by atoms with van der Waals surface area (Å²) >= 11 is 0. The third-order valence-electron chi connectivity index (χ3n) is 4.93. The zero-order valence-electron chi connectivity index (χ0n) is 13.1. The van der Waals surface area contributed by atoms with Gasteiger partial charge in [-0.05, 0) is 38.5 Å². The molecule has 0 aromatic carbocycles. The summed E-state index contributed by atoms with van der Waals surface area (Å²) in [6, 6.07) is 0.331. The molecule has 0 unspecified atom stereocenters. The lowest BCUT2D eigenvalue weighted by Gasteiger charge is -2.37. The molecule has 22 heavy (non-hydrogen) atoms. The number of aryl methyl sites for hydroxylation is 1. The molecule has 6 heteroatoms. The Morgan fingerprint density at radius 2 is 2.09 bits per heavy atom. The fourth-order valence-electron chi connectivity index (χ4n) is 3.78. The zero-order valence-corrected chi connectivity index (χ0v) is 13.1. The summed E-state index contributed by atoms with van der Waals surface area (Å²) in [5.74, 6) is -0.936. The van der Waals surface area contributed by atoms with Crippen LogP contribution in [0.15, 0.2) is 0 Å². The molecule has 1 N–H and O–H groups in total. The summed E-state index contributed by atoms with van der Waals surface area (Å²) in [5, 5.41) is 13.7. The fraction of sp³-hybridized carbons (Fsp3) is 0.750. The number of rotatable bonds is 4. The van der Waals surface area contributed by atoms with Crippen LogP contribution >= 0.6 is 0 Å². The molecule has 122 valence electrons. The van der Waals surface area contributed by atoms with Crippen LogP contribution in [0, 0.1) is 0 Å². The van der Waals surface area contributed by atoms with Gasteiger partial charge in [0.25, 0.3) is 0 Å². The van der Waals surface area contributed by atoms with Gasteiger partial charge in [-0.15, -0.1) is 0 Å². The standard InChI is InChI=1S/C16H24FN3O2/c1-2-7-20-14-4-3-12(19-8-5-11(17)6-9-19)10-13(14)15(18-20)16(21)22/h11-12H,2-10H2,1H3,(H,21,22)/t12-/m0/s1. The van der Waals surface area contributed by atoms with Crippen molar-refractivity contribution in [1.82, 2.24) is 14.7 Å². The van der Waals surface area contributed by atoms with E-state index in [1.54, 1.807) is 0 Å². The van der Waals surface area contributed by atoms with Crippen molar-refractivity contribution in [3.05, 3.63) is 17.0 Å². The zero-order chi connectivity index (χ0) is 15.7. The van der Waals surface area contributed by atoms with Gasteiger partial charge in [-0.25, -0.2) is 9.18 Å². The smallest absolute Gasteiger partial charge is 0.356 e. The molecule has 1 atom stereocenters. The summed E-state index contributed by atoms with van der Waals surface area (Å²) < 4.78 is 15.2. The van der Waals surface area contributed by atoms with Crippen LogP contribution in [-0.2, 0) is 19.4 Å². The topological polar surface area (TPSA) is 58.4 Å². The van der Waals surface area contributed by atoms with E-state index in [1.165, 1.54) is 0 Å². The van der Waals surface area contributed by atoms with Gasteiger partial charge in [-0.1, -0.05) is 6.92 Å². The molecular weight excluding hydrogens is 285 g/mol. The molecule has 2 heterocycles. The number of hydrogen-bond donors (Lipinski definition) is 1. The Bertz CT molecular complexity index is 550. The Morgan fingerprint density at radius 3 is 2.73 bits per heavy atom. The molecule has 1 aliphatic heterocycles. The summed E-state index contributed by atoms with van der Waals surface area (Å²) in [6.07, 6.45) is 4.10. The van der Waals surface area contributed by atoms with E-state index in [0.717, 1.165) is 56.6 Å². The number of aromatic nitrogens is 2. The number of carboxylic acid groups (broad SMARTS) is 1. The van der Waals surface area contributed by atoms with Crippen LogP contribution in [0.5, 0.6) is 0 Å². The van der Waals surface area contributed by atoms with Gasteiger partial charge in [-0.2, -0.15) is 5.10 Å². The van der Waals surface area contributed by atoms with Crippen molar-refractivity contribution in [2.75, 3.05) is 13.1 Å². The molecule has 0 amide bonds. The molecule has 0 saturated carbocycles. The third-order valence-corrected chi connectivity index (χ3v) is 4.93. The van der Waals surface area contributed by atoms with Crippen molar-refractivity contribution in [1.29, 1.82) is 0 Å². The van der Waals surface area contributed by atoms with Crippen LogP contribution in [-0.4, -0.2) is 51.1 Å². The van der Waals surface area contributed by atoms with Crippen LogP contribution in [0.4, 0.5) is 4.39 Å². The maximum atomic E-state index is 13.3. The molecular formula is C16H24FN3O2. The maximum absolute atomic E-state index is 13.3. The number of piperidine rings is 1. The molecule has 0 spiro atoms. The Balaban J connectivity index is 1.80. The Labute approximate surface area is 130 Å². The number of likely N-dealkylation sites (tertiary alicyclic amines) is 1. The second-order valence-electron chi connectivity index (χ2n) is 6.41. The van der Waals surface area contributed by atoms with E-state index in [4.69, 9.17) is 0 Å². The molecule has 1 fully saturated rings. The molecule has 0 radical (unpaired) electrons. The predicted molar refractivity (Wildman–Crippen MR) is 81.0 cm³/mol. The van der Waals surface area contributed by atoms with Crippen molar-refractivity contribution < 1.29 is 14.3 Å². The number of hydrogen-bond acceptors (Lipinski definition) is 3. The molecule has 1 aromatic heterocycles. The monoisotopic (exact) mass is 309 g/mol. The predicted octanol–water partition coefficient (Wildman–Crippen LogP) is 2.28. The van der Waals surface area contributed by atoms with Gasteiger partial charge in [0.2, 0.25) is 0 Å². The Morgan fingerprint density at radius 1 is 1.36 bits per heavy atom. The van der Waals surface area contributed by atoms with E-state index in [0.29, 0.717) is 18.9 Å². The summed E-state index contributed by atoms with van der Waals surface area (Å²) in [6.45, 7) is 4.41. The summed E-state index contributed by atoms with van der Waals surface area (Å²) in [4.78, 5) is 13.8. The number of fused-ring (bicyclic) bond motifs is 1. The highest BCUT2D eigenvalue weighted by Crippen LogP contribution is 2.29. The van der Waals surface area contributed by atoms with Gasteiger partial charge in [0.05, 0.1) is 0 Å². The van der Waals surface area contributed by atoms with Gasteiger partial charge in [-0.3, -0.25) is 9.58 Å². The third kappa shape index (κ3) is 2.89. The number of alkyl halides is 1. The summed E-state index contributed by atoms with van der Waals surface area (Å²) in [5.41, 5.74) is 2.21. The minimum atomic E-state index is -0.936. The second-order valence-corrected chi connectivity index (χ2v) is 6.41. The molecule has 1 saturated heterocycles. The largest absolute Gasteiger partial charge is 0.476 e. The van der Waals surface area contributed by atoms with Gasteiger partial charge in [0.15, 0.2) is 5.69 Å². The minimum Gasteiger partial charge on any atom is -0.476 e. The lowest BCUT2D eigenvalue weighted by atomic mass is 9.89. The molecule has 3 rings (SSSR count). The first-order valence-electron chi connectivity index (χ1n) is 8.30. The van der Waals surface area contributed by atoms with Crippen LogP contribution in [0.1, 0.15) is 54.4 Å². The molecule has 0 bridgehead atoms. The lowest BCUT2D eigenvalue weighted by Crippen LogP contribution is -2.44. The fourth-order valence-corrected chi connectivity index (χ4v) is 3.78. The van der Waals surface area contributed by atoms with Crippen LogP contribution < -0.4 is 0 Å². The van der Waals surface area contributed by atoms with Gasteiger partial charge >= 0.3 is 5.97 Å². The van der Waals surface area contributed by atoms with Crippen molar-refractivity contribution in [3.8, 4) is 0 Å². The van der Waals surface area contributed by atoms with E-state index in [9.17, 15) is 14.3 Å². The van der Waals surface area contributed by atoms with E-state index in [1.807, 2.05) is 4.68 Å². The van der Waals surface area contributed by atoms with E-state index >= 15 is 0 Å². The average Bonchev–Trinajstić information content (AvgIpc) is 2.87. The number of carboxylic acids is 1. The van der Waals surface area contributed by atoms with Gasteiger partial charge in [0, 0.05) is 36.9 Å². The minimum absolute atomic E-state index is 0.216. The highest BCUT2D eigenvalue weighted by molar-refractivity contribution is 5.87. The highest BCUT2D eigenvalue weighted by Gasteiger charge is 2.33. The van der Waals surface area contributed by atoms with Crippen LogP contribution in [0.3, 0.4) is 0 Å². The van der Waals surface area contributed by atoms with Crippen molar-refractivity contribution in [2.24, 2.45) is 0 Å². The normalized spacial score (nSPS) is 23.5. The van der Waals surface area contributed by atoms with E-state index < -0.39 is 12.1 Å². The SMILES string of the molecule is CCCn1nc(C(=O)O)c2c1CC[C@H](N1CCC(F)CC1)C2. The van der Waals surface area contributed by atoms with Gasteiger partial charge in [0.1, 0.15) is 6.17 Å². The first-order valence-corrected chi connectivity index (χ1v) is 8.30. The maximum Gasteiger partial charge on any atom is 0.356 e. The lowest BCUT2D eigenvalue weighted by molar-refractivity contribution is 0.0686. The van der Waals surface area contributed by atoms with Crippen molar-refractivity contribution in [3.63, 3.8) is 0 Å². The van der Waals surface area contributed by atoms with Crippen molar-refractivity contribution in [2.45, 2.75) is 64.2 Å². The number of halogens is 1.